The molecule has 2 heterocycles. The summed E-state index contributed by atoms with van der Waals surface area (Å²) < 4.78 is 13.4. The highest BCUT2D eigenvalue weighted by Crippen LogP contribution is 2.42. The van der Waals surface area contributed by atoms with Gasteiger partial charge in [-0.05, 0) is 59.2 Å². The quantitative estimate of drug-likeness (QED) is 0.182. The first-order chi connectivity index (χ1) is 22.8. The summed E-state index contributed by atoms with van der Waals surface area (Å²) in [6.45, 7) is 6.98. The number of nitrogens with zero attached hydrogens (tertiary/aromatic N) is 1. The van der Waals surface area contributed by atoms with Crippen LogP contribution in [0, 0.1) is 5.92 Å². The second-order valence-corrected chi connectivity index (χ2v) is 12.9. The second kappa shape index (κ2) is 17.0. The lowest BCUT2D eigenvalue weighted by Gasteiger charge is -2.42. The monoisotopic (exact) mass is 643 g/mol. The number of carbonyl (C=O) groups excluding carboxylic acids is 2. The number of amides is 2. The van der Waals surface area contributed by atoms with Crippen LogP contribution in [0.3, 0.4) is 0 Å². The SMILES string of the molecule is CC(=O)NCCCCCC(=O)NCc1cccc(-c2cccc([C@@H]3O[C@H](CN4CC[C@H](O)C4)[C@H](C)[C@H](c4ccc(CO)cc4)O3)c2)c1. The molecule has 252 valence electrons. The van der Waals surface area contributed by atoms with Crippen LogP contribution in [0.1, 0.15) is 80.6 Å². The Hall–Kier alpha value is -3.60. The van der Waals surface area contributed by atoms with Gasteiger partial charge in [0.15, 0.2) is 6.29 Å². The number of ether oxygens (including phenoxy) is 2. The van der Waals surface area contributed by atoms with Crippen LogP contribution in [0.25, 0.3) is 11.1 Å². The molecule has 0 radical (unpaired) electrons. The number of aliphatic hydroxyl groups is 2. The summed E-state index contributed by atoms with van der Waals surface area (Å²) in [5.41, 5.74) is 5.92. The number of nitrogens with one attached hydrogen (secondary N) is 2. The first-order valence-corrected chi connectivity index (χ1v) is 16.9. The first-order valence-electron chi connectivity index (χ1n) is 16.9. The minimum atomic E-state index is -0.577. The van der Waals surface area contributed by atoms with Crippen LogP contribution in [-0.4, -0.2) is 65.3 Å². The molecule has 4 N–H and O–H groups in total. The number of aliphatic hydroxyl groups excluding tert-OH is 2. The van der Waals surface area contributed by atoms with Crippen molar-refractivity contribution in [1.82, 2.24) is 15.5 Å². The zero-order valence-electron chi connectivity index (χ0n) is 27.6. The van der Waals surface area contributed by atoms with Crippen molar-refractivity contribution >= 4 is 11.8 Å². The number of rotatable bonds is 14. The summed E-state index contributed by atoms with van der Waals surface area (Å²) in [5.74, 6) is 0.0695. The summed E-state index contributed by atoms with van der Waals surface area (Å²) in [6, 6.07) is 24.4. The molecule has 2 aliphatic rings. The molecule has 3 aromatic carbocycles. The van der Waals surface area contributed by atoms with E-state index in [1.54, 1.807) is 0 Å². The summed E-state index contributed by atoms with van der Waals surface area (Å²) in [4.78, 5) is 25.7. The molecule has 2 saturated heterocycles. The maximum atomic E-state index is 12.4. The Morgan fingerprint density at radius 2 is 1.66 bits per heavy atom. The largest absolute Gasteiger partial charge is 0.392 e. The highest BCUT2D eigenvalue weighted by Gasteiger charge is 2.40. The average Bonchev–Trinajstić information content (AvgIpc) is 3.50. The Morgan fingerprint density at radius 3 is 2.38 bits per heavy atom. The molecule has 0 bridgehead atoms. The van der Waals surface area contributed by atoms with Crippen molar-refractivity contribution in [3.63, 3.8) is 0 Å². The van der Waals surface area contributed by atoms with E-state index in [2.05, 4.69) is 46.7 Å². The van der Waals surface area contributed by atoms with Crippen molar-refractivity contribution in [3.8, 4) is 11.1 Å². The van der Waals surface area contributed by atoms with Crippen LogP contribution in [-0.2, 0) is 32.2 Å². The van der Waals surface area contributed by atoms with Gasteiger partial charge in [0.1, 0.15) is 0 Å². The molecule has 0 spiro atoms. The number of β-amino-alcohol motifs (C(OH)–C–C–N with tert-alkyl or cyclic N) is 1. The second-order valence-electron chi connectivity index (χ2n) is 12.9. The van der Waals surface area contributed by atoms with E-state index in [1.807, 2.05) is 48.5 Å². The number of hydrogen-bond acceptors (Lipinski definition) is 7. The fourth-order valence-electron chi connectivity index (χ4n) is 6.43. The predicted molar refractivity (Wildman–Crippen MR) is 181 cm³/mol. The maximum absolute atomic E-state index is 12.4. The van der Waals surface area contributed by atoms with E-state index in [1.165, 1.54) is 6.92 Å². The zero-order chi connectivity index (χ0) is 33.2. The highest BCUT2D eigenvalue weighted by atomic mass is 16.7. The predicted octanol–water partition coefficient (Wildman–Crippen LogP) is 5.02. The fraction of sp³-hybridized carbons (Fsp3) is 0.474. The van der Waals surface area contributed by atoms with Crippen LogP contribution in [0.4, 0.5) is 0 Å². The van der Waals surface area contributed by atoms with E-state index in [0.717, 1.165) is 65.6 Å². The molecular formula is C38H49N3O6. The number of hydrogen-bond donors (Lipinski definition) is 4. The van der Waals surface area contributed by atoms with Crippen molar-refractivity contribution in [2.24, 2.45) is 5.92 Å². The molecule has 2 aliphatic heterocycles. The van der Waals surface area contributed by atoms with Crippen molar-refractivity contribution < 1.29 is 29.3 Å². The van der Waals surface area contributed by atoms with E-state index < -0.39 is 6.29 Å². The van der Waals surface area contributed by atoms with E-state index in [9.17, 15) is 19.8 Å². The Bertz CT molecular complexity index is 1460. The minimum Gasteiger partial charge on any atom is -0.392 e. The van der Waals surface area contributed by atoms with Gasteiger partial charge in [-0.25, -0.2) is 0 Å². The van der Waals surface area contributed by atoms with Gasteiger partial charge in [0.2, 0.25) is 11.8 Å². The lowest BCUT2D eigenvalue weighted by Crippen LogP contribution is -2.44. The third-order valence-corrected chi connectivity index (χ3v) is 9.17. The Balaban J connectivity index is 1.25. The van der Waals surface area contributed by atoms with Gasteiger partial charge < -0.3 is 30.3 Å². The molecule has 0 aromatic heterocycles. The van der Waals surface area contributed by atoms with Crippen molar-refractivity contribution in [2.45, 2.75) is 83.7 Å². The lowest BCUT2D eigenvalue weighted by atomic mass is 9.90. The summed E-state index contributed by atoms with van der Waals surface area (Å²) in [6.07, 6.45) is 2.62. The van der Waals surface area contributed by atoms with Crippen LogP contribution in [0.15, 0.2) is 72.8 Å². The van der Waals surface area contributed by atoms with Gasteiger partial charge in [-0.1, -0.05) is 74.0 Å². The Labute approximate surface area is 278 Å². The fourth-order valence-corrected chi connectivity index (χ4v) is 6.43. The molecule has 3 aromatic rings. The van der Waals surface area contributed by atoms with Crippen LogP contribution < -0.4 is 10.6 Å². The van der Waals surface area contributed by atoms with Gasteiger partial charge in [-0.2, -0.15) is 0 Å². The van der Waals surface area contributed by atoms with Gasteiger partial charge >= 0.3 is 0 Å². The third kappa shape index (κ3) is 9.95. The minimum absolute atomic E-state index is 0.00447. The van der Waals surface area contributed by atoms with Gasteiger partial charge in [0.05, 0.1) is 24.9 Å². The molecule has 0 unspecified atom stereocenters. The van der Waals surface area contributed by atoms with Crippen LogP contribution >= 0.6 is 0 Å². The zero-order valence-corrected chi connectivity index (χ0v) is 27.6. The third-order valence-electron chi connectivity index (χ3n) is 9.17. The summed E-state index contributed by atoms with van der Waals surface area (Å²) in [5, 5.41) is 25.5. The lowest BCUT2D eigenvalue weighted by molar-refractivity contribution is -0.276. The maximum Gasteiger partial charge on any atom is 0.220 e. The smallest absolute Gasteiger partial charge is 0.220 e. The number of benzene rings is 3. The van der Waals surface area contributed by atoms with Crippen LogP contribution in [0.2, 0.25) is 0 Å². The van der Waals surface area contributed by atoms with Gasteiger partial charge in [-0.3, -0.25) is 14.5 Å². The number of unbranched alkanes of at least 4 members (excludes halogenated alkanes) is 2. The Morgan fingerprint density at radius 1 is 0.894 bits per heavy atom. The van der Waals surface area contributed by atoms with E-state index in [0.29, 0.717) is 32.6 Å². The molecule has 0 saturated carbocycles. The number of carbonyl (C=O) groups is 2. The molecule has 9 heteroatoms. The number of likely N-dealkylation sites (tertiary alicyclic amines) is 1. The van der Waals surface area contributed by atoms with Crippen molar-refractivity contribution in [2.75, 3.05) is 26.2 Å². The van der Waals surface area contributed by atoms with E-state index in [4.69, 9.17) is 9.47 Å². The van der Waals surface area contributed by atoms with Crippen molar-refractivity contribution in [1.29, 1.82) is 0 Å². The highest BCUT2D eigenvalue weighted by molar-refractivity contribution is 5.76. The van der Waals surface area contributed by atoms with E-state index in [-0.39, 0.29) is 42.7 Å². The molecule has 5 atom stereocenters. The van der Waals surface area contributed by atoms with Gasteiger partial charge in [0.25, 0.3) is 0 Å². The topological polar surface area (TPSA) is 120 Å². The van der Waals surface area contributed by atoms with Gasteiger partial charge in [-0.15, -0.1) is 0 Å². The van der Waals surface area contributed by atoms with E-state index >= 15 is 0 Å². The van der Waals surface area contributed by atoms with Gasteiger partial charge in [0, 0.05) is 57.5 Å². The van der Waals surface area contributed by atoms with Crippen LogP contribution in [0.5, 0.6) is 0 Å². The van der Waals surface area contributed by atoms with Crippen molar-refractivity contribution in [3.05, 3.63) is 95.1 Å². The Kier molecular flexibility index (Phi) is 12.6. The standard InChI is InChI=1S/C38H49N3O6/c1-26-35(24-41-19-17-34(44)23-41)46-38(47-37(26)30-15-13-28(25-42)14-16-30)33-11-7-10-32(21-33)31-9-6-8-29(20-31)22-40-36(45)12-4-3-5-18-39-27(2)43/h6-11,13-16,20-21,26,34-35,37-38,42,44H,3-5,12,17-19,22-25H2,1-2H3,(H,39,43)(H,40,45)/t26-,34-,35+,37+,38+/m0/s1. The summed E-state index contributed by atoms with van der Waals surface area (Å²) in [7, 11) is 0. The molecule has 5 rings (SSSR count). The molecule has 2 fully saturated rings. The summed E-state index contributed by atoms with van der Waals surface area (Å²) >= 11 is 0. The average molecular weight is 644 g/mol. The first kappa shape index (κ1) is 34.7. The normalized spacial score (nSPS) is 23.0. The molecule has 47 heavy (non-hydrogen) atoms. The molecule has 9 nitrogen and oxygen atoms in total. The molecule has 0 aliphatic carbocycles. The molecular weight excluding hydrogens is 594 g/mol. The molecule has 2 amide bonds.